The Balaban J connectivity index is 4.32. The fraction of sp³-hybridized carbons (Fsp3) is 0.797. The van der Waals surface area contributed by atoms with Crippen molar-refractivity contribution in [3.8, 4) is 0 Å². The molecule has 6 nitrogen and oxygen atoms in total. The van der Waals surface area contributed by atoms with Crippen molar-refractivity contribution in [2.24, 2.45) is 0 Å². The lowest BCUT2D eigenvalue weighted by Gasteiger charge is -2.18. The molecule has 0 heterocycles. The van der Waals surface area contributed by atoms with Crippen molar-refractivity contribution in [1.29, 1.82) is 0 Å². The minimum absolute atomic E-state index is 0.0837. The van der Waals surface area contributed by atoms with E-state index in [0.29, 0.717) is 19.3 Å². The van der Waals surface area contributed by atoms with Crippen molar-refractivity contribution < 1.29 is 28.6 Å². The van der Waals surface area contributed by atoms with Gasteiger partial charge in [-0.05, 0) is 64.2 Å². The van der Waals surface area contributed by atoms with Crippen molar-refractivity contribution in [3.63, 3.8) is 0 Å². The number of carbonyl (C=O) groups excluding carboxylic acids is 3. The molecule has 0 aliphatic rings. The Hall–Kier alpha value is -2.89. The van der Waals surface area contributed by atoms with Gasteiger partial charge in [-0.3, -0.25) is 14.4 Å². The van der Waals surface area contributed by atoms with Crippen LogP contribution in [0, 0.1) is 0 Å². The molecule has 0 aromatic rings. The Morgan fingerprint density at radius 3 is 0.871 bits per heavy atom. The second-order valence-corrected chi connectivity index (χ2v) is 20.2. The fourth-order valence-electron chi connectivity index (χ4n) is 8.77. The van der Waals surface area contributed by atoms with Crippen LogP contribution in [-0.4, -0.2) is 37.2 Å². The second-order valence-electron chi connectivity index (χ2n) is 20.2. The Kier molecular flexibility index (Phi) is 56.3. The van der Waals surface area contributed by atoms with E-state index in [4.69, 9.17) is 14.2 Å². The molecule has 406 valence electrons. The Labute approximate surface area is 434 Å². The van der Waals surface area contributed by atoms with Crippen LogP contribution in [0.2, 0.25) is 0 Å². The van der Waals surface area contributed by atoms with E-state index in [9.17, 15) is 14.4 Å². The van der Waals surface area contributed by atoms with Gasteiger partial charge in [-0.25, -0.2) is 0 Å². The van der Waals surface area contributed by atoms with Crippen LogP contribution < -0.4 is 0 Å². The number of rotatable bonds is 55. The van der Waals surface area contributed by atoms with E-state index in [1.807, 2.05) is 0 Å². The van der Waals surface area contributed by atoms with Gasteiger partial charge in [0.15, 0.2) is 6.10 Å². The molecule has 0 N–H and O–H groups in total. The van der Waals surface area contributed by atoms with E-state index < -0.39 is 6.10 Å². The summed E-state index contributed by atoms with van der Waals surface area (Å²) in [6.45, 7) is 6.53. The number of hydrogen-bond acceptors (Lipinski definition) is 6. The SMILES string of the molecule is CC/C=C\C/C=C\C/C=C\C/C=C\C/C=C\CCCCCC(=O)OC(COC(=O)CCCCCCCCCCCCC)COC(=O)CCCCCCCCCCCCCCCCCCCCCCCC. The van der Waals surface area contributed by atoms with Crippen LogP contribution in [0.1, 0.15) is 310 Å². The molecule has 0 saturated carbocycles. The highest BCUT2D eigenvalue weighted by molar-refractivity contribution is 5.71. The minimum atomic E-state index is -0.788. The third-order valence-corrected chi connectivity index (χ3v) is 13.3. The molecular weight excluding hydrogens is 865 g/mol. The first-order valence-corrected chi connectivity index (χ1v) is 30.3. The summed E-state index contributed by atoms with van der Waals surface area (Å²) in [5, 5.41) is 0. The van der Waals surface area contributed by atoms with Crippen molar-refractivity contribution in [1.82, 2.24) is 0 Å². The number of ether oxygens (including phenoxy) is 3. The Bertz CT molecular complexity index is 1260. The summed E-state index contributed by atoms with van der Waals surface area (Å²) >= 11 is 0. The summed E-state index contributed by atoms with van der Waals surface area (Å²) in [5.74, 6) is -0.901. The summed E-state index contributed by atoms with van der Waals surface area (Å²) < 4.78 is 16.9. The molecule has 70 heavy (non-hydrogen) atoms. The van der Waals surface area contributed by atoms with E-state index in [2.05, 4.69) is 81.5 Å². The van der Waals surface area contributed by atoms with Crippen LogP contribution in [-0.2, 0) is 28.6 Å². The minimum Gasteiger partial charge on any atom is -0.462 e. The summed E-state index contributed by atoms with van der Waals surface area (Å²) in [6.07, 6.45) is 73.7. The largest absolute Gasteiger partial charge is 0.462 e. The molecule has 0 saturated heterocycles. The van der Waals surface area contributed by atoms with Gasteiger partial charge in [0.05, 0.1) is 0 Å². The summed E-state index contributed by atoms with van der Waals surface area (Å²) in [4.78, 5) is 38.2. The van der Waals surface area contributed by atoms with Crippen molar-refractivity contribution in [2.75, 3.05) is 13.2 Å². The highest BCUT2D eigenvalue weighted by Gasteiger charge is 2.19. The molecule has 6 heteroatoms. The van der Waals surface area contributed by atoms with E-state index in [1.54, 1.807) is 0 Å². The van der Waals surface area contributed by atoms with Gasteiger partial charge in [-0.15, -0.1) is 0 Å². The van der Waals surface area contributed by atoms with Crippen LogP contribution >= 0.6 is 0 Å². The zero-order valence-electron chi connectivity index (χ0n) is 46.5. The topological polar surface area (TPSA) is 78.9 Å². The van der Waals surface area contributed by atoms with E-state index in [1.165, 1.54) is 173 Å². The molecule has 1 unspecified atom stereocenters. The Morgan fingerprint density at radius 1 is 0.300 bits per heavy atom. The highest BCUT2D eigenvalue weighted by atomic mass is 16.6. The lowest BCUT2D eigenvalue weighted by atomic mass is 10.0. The zero-order valence-corrected chi connectivity index (χ0v) is 46.5. The van der Waals surface area contributed by atoms with Gasteiger partial charge in [0.25, 0.3) is 0 Å². The monoisotopic (exact) mass is 979 g/mol. The van der Waals surface area contributed by atoms with E-state index >= 15 is 0 Å². The van der Waals surface area contributed by atoms with Gasteiger partial charge in [0, 0.05) is 19.3 Å². The van der Waals surface area contributed by atoms with E-state index in [-0.39, 0.29) is 31.1 Å². The predicted octanol–water partition coefficient (Wildman–Crippen LogP) is 20.4. The smallest absolute Gasteiger partial charge is 0.306 e. The van der Waals surface area contributed by atoms with Crippen LogP contribution in [0.25, 0.3) is 0 Å². The van der Waals surface area contributed by atoms with Crippen LogP contribution in [0.5, 0.6) is 0 Å². The molecule has 0 rings (SSSR count). The quantitative estimate of drug-likeness (QED) is 0.0261. The summed E-state index contributed by atoms with van der Waals surface area (Å²) in [5.41, 5.74) is 0. The molecule has 0 aromatic carbocycles. The number of hydrogen-bond donors (Lipinski definition) is 0. The zero-order chi connectivity index (χ0) is 50.7. The van der Waals surface area contributed by atoms with Crippen molar-refractivity contribution in [2.45, 2.75) is 316 Å². The number of esters is 3. The number of unbranched alkanes of at least 4 members (excludes halogenated alkanes) is 34. The fourth-order valence-corrected chi connectivity index (χ4v) is 8.77. The average Bonchev–Trinajstić information content (AvgIpc) is 3.36. The van der Waals surface area contributed by atoms with Crippen LogP contribution in [0.15, 0.2) is 60.8 Å². The van der Waals surface area contributed by atoms with Crippen molar-refractivity contribution >= 4 is 17.9 Å². The molecule has 0 bridgehead atoms. The first kappa shape index (κ1) is 67.1. The molecule has 0 fully saturated rings. The second kappa shape index (κ2) is 58.7. The lowest BCUT2D eigenvalue weighted by Crippen LogP contribution is -2.30. The maximum absolute atomic E-state index is 12.9. The third kappa shape index (κ3) is 56.0. The van der Waals surface area contributed by atoms with Crippen molar-refractivity contribution in [3.05, 3.63) is 60.8 Å². The summed E-state index contributed by atoms with van der Waals surface area (Å²) in [6, 6.07) is 0. The lowest BCUT2D eigenvalue weighted by molar-refractivity contribution is -0.167. The molecule has 0 amide bonds. The molecule has 0 aromatic heterocycles. The van der Waals surface area contributed by atoms with Gasteiger partial charge < -0.3 is 14.2 Å². The normalized spacial score (nSPS) is 12.4. The Morgan fingerprint density at radius 2 is 0.557 bits per heavy atom. The maximum Gasteiger partial charge on any atom is 0.306 e. The number of carbonyl (C=O) groups is 3. The first-order valence-electron chi connectivity index (χ1n) is 30.3. The number of allylic oxidation sites excluding steroid dienone is 10. The van der Waals surface area contributed by atoms with Gasteiger partial charge in [0.2, 0.25) is 0 Å². The molecule has 0 aliphatic heterocycles. The van der Waals surface area contributed by atoms with Gasteiger partial charge in [0.1, 0.15) is 13.2 Å². The molecular formula is C64H114O6. The standard InChI is InChI=1S/C64H114O6/c1-4-7-10-13-16-19-22-24-26-28-30-31-32-34-35-37-39-42-45-48-51-54-57-63(66)69-60-61(59-68-62(65)56-53-50-47-44-41-21-18-15-12-9-6-3)70-64(67)58-55-52-49-46-43-40-38-36-33-29-27-25-23-20-17-14-11-8-5-2/h8,11,17,20,25,27,33,36,40,43,61H,4-7,9-10,12-16,18-19,21-24,26,28-32,34-35,37-39,41-42,44-60H2,1-3H3/b11-8-,20-17-,27-25-,36-33-,43-40-. The van der Waals surface area contributed by atoms with E-state index in [0.717, 1.165) is 96.3 Å². The van der Waals surface area contributed by atoms with Crippen LogP contribution in [0.3, 0.4) is 0 Å². The van der Waals surface area contributed by atoms with Gasteiger partial charge in [-0.2, -0.15) is 0 Å². The highest BCUT2D eigenvalue weighted by Crippen LogP contribution is 2.17. The predicted molar refractivity (Wildman–Crippen MR) is 302 cm³/mol. The molecule has 0 aliphatic carbocycles. The first-order chi connectivity index (χ1) is 34.5. The third-order valence-electron chi connectivity index (χ3n) is 13.3. The summed E-state index contributed by atoms with van der Waals surface area (Å²) in [7, 11) is 0. The van der Waals surface area contributed by atoms with Gasteiger partial charge in [-0.1, -0.05) is 287 Å². The van der Waals surface area contributed by atoms with Gasteiger partial charge >= 0.3 is 17.9 Å². The van der Waals surface area contributed by atoms with Crippen LogP contribution in [0.4, 0.5) is 0 Å². The average molecular weight is 980 g/mol. The molecule has 0 spiro atoms. The molecule has 1 atom stereocenters. The molecule has 0 radical (unpaired) electrons. The maximum atomic E-state index is 12.9.